The van der Waals surface area contributed by atoms with Gasteiger partial charge in [0.15, 0.2) is 0 Å². The van der Waals surface area contributed by atoms with Gasteiger partial charge in [0.25, 0.3) is 0 Å². The minimum atomic E-state index is -4.07. The number of alkyl halides is 3. The lowest BCUT2D eigenvalue weighted by Gasteiger charge is -2.34. The first kappa shape index (κ1) is 16.3. The molecule has 1 nitrogen and oxygen atoms in total. The van der Waals surface area contributed by atoms with Crippen LogP contribution >= 0.6 is 0 Å². The third kappa shape index (κ3) is 4.47. The van der Waals surface area contributed by atoms with E-state index in [2.05, 4.69) is 18.2 Å². The van der Waals surface area contributed by atoms with E-state index in [0.29, 0.717) is 12.8 Å². The number of hydrogen-bond acceptors (Lipinski definition) is 1. The van der Waals surface area contributed by atoms with Crippen LogP contribution in [0.5, 0.6) is 0 Å². The van der Waals surface area contributed by atoms with Crippen molar-refractivity contribution in [3.63, 3.8) is 0 Å². The average Bonchev–Trinajstić information content (AvgIpc) is 2.36. The Morgan fingerprint density at radius 3 is 2.33 bits per heavy atom. The first-order valence-corrected chi connectivity index (χ1v) is 7.65. The van der Waals surface area contributed by atoms with E-state index in [1.165, 1.54) is 11.1 Å². The molecule has 0 amide bonds. The quantitative estimate of drug-likeness (QED) is 0.871. The molecule has 1 fully saturated rings. The Kier molecular flexibility index (Phi) is 4.97. The molecule has 0 aromatic heterocycles. The van der Waals surface area contributed by atoms with Gasteiger partial charge < -0.3 is 5.73 Å². The van der Waals surface area contributed by atoms with Crippen molar-refractivity contribution in [2.24, 2.45) is 17.6 Å². The minimum absolute atomic E-state index is 0.0220. The second-order valence-corrected chi connectivity index (χ2v) is 6.53. The third-order valence-corrected chi connectivity index (χ3v) is 4.54. The zero-order chi connectivity index (χ0) is 15.6. The fraction of sp³-hybridized carbons (Fsp3) is 0.647. The van der Waals surface area contributed by atoms with Crippen molar-refractivity contribution in [2.75, 3.05) is 0 Å². The van der Waals surface area contributed by atoms with Crippen LogP contribution in [0, 0.1) is 25.7 Å². The summed E-state index contributed by atoms with van der Waals surface area (Å²) in [5, 5.41) is 0. The van der Waals surface area contributed by atoms with E-state index in [0.717, 1.165) is 12.0 Å². The van der Waals surface area contributed by atoms with Crippen LogP contribution in [0.2, 0.25) is 0 Å². The molecular formula is C17H24F3N. The summed E-state index contributed by atoms with van der Waals surface area (Å²) >= 11 is 0. The average molecular weight is 299 g/mol. The predicted molar refractivity (Wildman–Crippen MR) is 79.1 cm³/mol. The molecule has 118 valence electrons. The molecule has 2 N–H and O–H groups in total. The van der Waals surface area contributed by atoms with E-state index in [-0.39, 0.29) is 24.8 Å². The summed E-state index contributed by atoms with van der Waals surface area (Å²) in [6.45, 7) is 4.06. The molecule has 2 rings (SSSR count). The van der Waals surface area contributed by atoms with E-state index in [1.54, 1.807) is 0 Å². The van der Waals surface area contributed by atoms with Crippen LogP contribution in [0.4, 0.5) is 13.2 Å². The van der Waals surface area contributed by atoms with Crippen molar-refractivity contribution < 1.29 is 13.2 Å². The first-order valence-electron chi connectivity index (χ1n) is 7.65. The summed E-state index contributed by atoms with van der Waals surface area (Å²) in [6.07, 6.45) is -1.50. The Morgan fingerprint density at radius 2 is 1.76 bits per heavy atom. The summed E-state index contributed by atoms with van der Waals surface area (Å²) in [4.78, 5) is 0. The van der Waals surface area contributed by atoms with Gasteiger partial charge >= 0.3 is 6.18 Å². The third-order valence-electron chi connectivity index (χ3n) is 4.54. The lowest BCUT2D eigenvalue weighted by molar-refractivity contribution is -0.186. The number of benzene rings is 1. The van der Waals surface area contributed by atoms with Crippen molar-refractivity contribution in [2.45, 2.75) is 58.2 Å². The Hall–Kier alpha value is -1.03. The van der Waals surface area contributed by atoms with Crippen LogP contribution in [0.3, 0.4) is 0 Å². The van der Waals surface area contributed by atoms with Gasteiger partial charge in [-0.3, -0.25) is 0 Å². The molecule has 1 aromatic carbocycles. The van der Waals surface area contributed by atoms with Crippen molar-refractivity contribution in [3.05, 3.63) is 34.9 Å². The standard InChI is InChI=1S/C17H24F3N/c1-11-6-12(2)8-13(7-11)9-16(21)14-4-3-5-15(10-14)17(18,19)20/h6-8,14-16H,3-5,9-10,21H2,1-2H3. The second kappa shape index (κ2) is 6.39. The molecular weight excluding hydrogens is 275 g/mol. The fourth-order valence-electron chi connectivity index (χ4n) is 3.54. The minimum Gasteiger partial charge on any atom is -0.327 e. The van der Waals surface area contributed by atoms with Gasteiger partial charge in [-0.1, -0.05) is 35.7 Å². The number of rotatable bonds is 3. The van der Waals surface area contributed by atoms with Crippen LogP contribution in [-0.4, -0.2) is 12.2 Å². The molecule has 3 atom stereocenters. The highest BCUT2D eigenvalue weighted by Crippen LogP contribution is 2.41. The summed E-state index contributed by atoms with van der Waals surface area (Å²) in [5.74, 6) is -1.19. The van der Waals surface area contributed by atoms with Gasteiger partial charge in [0, 0.05) is 6.04 Å². The van der Waals surface area contributed by atoms with Gasteiger partial charge in [-0.25, -0.2) is 0 Å². The van der Waals surface area contributed by atoms with E-state index in [9.17, 15) is 13.2 Å². The molecule has 0 saturated heterocycles. The zero-order valence-corrected chi connectivity index (χ0v) is 12.7. The monoisotopic (exact) mass is 299 g/mol. The Morgan fingerprint density at radius 1 is 1.14 bits per heavy atom. The van der Waals surface area contributed by atoms with E-state index in [4.69, 9.17) is 5.73 Å². The van der Waals surface area contributed by atoms with E-state index < -0.39 is 12.1 Å². The molecule has 0 spiro atoms. The molecule has 4 heteroatoms. The number of nitrogens with two attached hydrogens (primary N) is 1. The normalized spacial score (nSPS) is 24.9. The highest BCUT2D eigenvalue weighted by atomic mass is 19.4. The smallest absolute Gasteiger partial charge is 0.327 e. The first-order chi connectivity index (χ1) is 9.75. The Bertz CT molecular complexity index is 461. The lowest BCUT2D eigenvalue weighted by Crippen LogP contribution is -2.38. The maximum atomic E-state index is 12.9. The topological polar surface area (TPSA) is 26.0 Å². The second-order valence-electron chi connectivity index (χ2n) is 6.53. The van der Waals surface area contributed by atoms with E-state index >= 15 is 0 Å². The van der Waals surface area contributed by atoms with Crippen molar-refractivity contribution in [3.8, 4) is 0 Å². The zero-order valence-electron chi connectivity index (χ0n) is 12.7. The molecule has 0 heterocycles. The Balaban J connectivity index is 2.01. The maximum Gasteiger partial charge on any atom is 0.391 e. The number of halogens is 3. The molecule has 1 aliphatic rings. The molecule has 1 saturated carbocycles. The van der Waals surface area contributed by atoms with Gasteiger partial charge in [0.1, 0.15) is 0 Å². The van der Waals surface area contributed by atoms with Gasteiger partial charge in [0.2, 0.25) is 0 Å². The maximum absolute atomic E-state index is 12.9. The summed E-state index contributed by atoms with van der Waals surface area (Å²) in [7, 11) is 0. The SMILES string of the molecule is Cc1cc(C)cc(CC(N)C2CCCC(C(F)(F)F)C2)c1. The van der Waals surface area contributed by atoms with Crippen LogP contribution in [0.15, 0.2) is 18.2 Å². The highest BCUT2D eigenvalue weighted by Gasteiger charge is 2.43. The van der Waals surface area contributed by atoms with Crippen LogP contribution < -0.4 is 5.73 Å². The van der Waals surface area contributed by atoms with Gasteiger partial charge in [-0.2, -0.15) is 13.2 Å². The van der Waals surface area contributed by atoms with Crippen LogP contribution in [0.1, 0.15) is 42.4 Å². The predicted octanol–water partition coefficient (Wildman–Crippen LogP) is 4.54. The van der Waals surface area contributed by atoms with E-state index in [1.807, 2.05) is 13.8 Å². The molecule has 0 radical (unpaired) electrons. The van der Waals surface area contributed by atoms with Crippen molar-refractivity contribution in [1.82, 2.24) is 0 Å². The lowest BCUT2D eigenvalue weighted by atomic mass is 9.76. The molecule has 0 bridgehead atoms. The highest BCUT2D eigenvalue weighted by molar-refractivity contribution is 5.29. The van der Waals surface area contributed by atoms with Gasteiger partial charge in [-0.15, -0.1) is 0 Å². The summed E-state index contributed by atoms with van der Waals surface area (Å²) in [5.41, 5.74) is 9.70. The van der Waals surface area contributed by atoms with Crippen molar-refractivity contribution >= 4 is 0 Å². The largest absolute Gasteiger partial charge is 0.391 e. The van der Waals surface area contributed by atoms with Gasteiger partial charge in [-0.05, 0) is 51.0 Å². The molecule has 0 aliphatic heterocycles. The van der Waals surface area contributed by atoms with Crippen LogP contribution in [-0.2, 0) is 6.42 Å². The number of aryl methyl sites for hydroxylation is 2. The van der Waals surface area contributed by atoms with Crippen molar-refractivity contribution in [1.29, 1.82) is 0 Å². The molecule has 1 aliphatic carbocycles. The number of hydrogen-bond donors (Lipinski definition) is 1. The molecule has 21 heavy (non-hydrogen) atoms. The molecule has 3 unspecified atom stereocenters. The summed E-state index contributed by atoms with van der Waals surface area (Å²) in [6, 6.07) is 6.07. The molecule has 1 aromatic rings. The Labute approximate surface area is 124 Å². The fourth-order valence-corrected chi connectivity index (χ4v) is 3.54. The van der Waals surface area contributed by atoms with Crippen LogP contribution in [0.25, 0.3) is 0 Å². The summed E-state index contributed by atoms with van der Waals surface area (Å²) < 4.78 is 38.6. The van der Waals surface area contributed by atoms with Gasteiger partial charge in [0.05, 0.1) is 5.92 Å².